The highest BCUT2D eigenvalue weighted by Crippen LogP contribution is 2.30. The number of halogens is 2. The first kappa shape index (κ1) is 13.0. The van der Waals surface area contributed by atoms with E-state index in [1.807, 2.05) is 0 Å². The number of nitrogens with one attached hydrogen (secondary N) is 1. The summed E-state index contributed by atoms with van der Waals surface area (Å²) in [6, 6.07) is 4.48. The third-order valence-electron chi connectivity index (χ3n) is 2.07. The van der Waals surface area contributed by atoms with Crippen LogP contribution in [0, 0.1) is 23.0 Å². The van der Waals surface area contributed by atoms with Gasteiger partial charge in [0.2, 0.25) is 0 Å². The lowest BCUT2D eigenvalue weighted by molar-refractivity contribution is 0.539. The van der Waals surface area contributed by atoms with Crippen molar-refractivity contribution in [3.8, 4) is 6.07 Å². The molecule has 0 unspecified atom stereocenters. The molecule has 0 amide bonds. The Balaban J connectivity index is 2.44. The van der Waals surface area contributed by atoms with E-state index >= 15 is 0 Å². The van der Waals surface area contributed by atoms with E-state index in [2.05, 4.69) is 9.97 Å². The molecule has 0 atom stereocenters. The zero-order valence-corrected chi connectivity index (χ0v) is 10.1. The van der Waals surface area contributed by atoms with Crippen molar-refractivity contribution in [3.05, 3.63) is 45.8 Å². The average molecular weight is 280 g/mol. The Labute approximate surface area is 110 Å². The monoisotopic (exact) mass is 280 g/mol. The molecule has 0 bridgehead atoms. The van der Waals surface area contributed by atoms with Crippen LogP contribution in [-0.4, -0.2) is 9.97 Å². The Bertz CT molecular complexity index is 715. The maximum atomic E-state index is 13.6. The van der Waals surface area contributed by atoms with Gasteiger partial charge in [-0.05, 0) is 23.9 Å². The van der Waals surface area contributed by atoms with Gasteiger partial charge in [0.15, 0.2) is 5.16 Å². The zero-order valence-electron chi connectivity index (χ0n) is 9.28. The van der Waals surface area contributed by atoms with Crippen LogP contribution in [0.5, 0.6) is 0 Å². The third kappa shape index (κ3) is 2.89. The fourth-order valence-electron chi connectivity index (χ4n) is 1.32. The Morgan fingerprint density at radius 1 is 1.32 bits per heavy atom. The van der Waals surface area contributed by atoms with Crippen LogP contribution in [0.25, 0.3) is 0 Å². The number of H-pyrrole nitrogens is 1. The summed E-state index contributed by atoms with van der Waals surface area (Å²) in [4.78, 5) is 16.8. The molecule has 1 heterocycles. The SMILES string of the molecule is N#Cc1cc(F)c(Sc2nc(N)cc(=O)[nH]2)c(F)c1. The largest absolute Gasteiger partial charge is 0.383 e. The van der Waals surface area contributed by atoms with Crippen molar-refractivity contribution in [3.63, 3.8) is 0 Å². The fourth-order valence-corrected chi connectivity index (χ4v) is 2.13. The Morgan fingerprint density at radius 2 is 1.95 bits per heavy atom. The summed E-state index contributed by atoms with van der Waals surface area (Å²) < 4.78 is 27.2. The van der Waals surface area contributed by atoms with E-state index in [1.54, 1.807) is 6.07 Å². The predicted molar refractivity (Wildman–Crippen MR) is 64.5 cm³/mol. The Hall–Kier alpha value is -2.40. The maximum Gasteiger partial charge on any atom is 0.253 e. The molecule has 1 aromatic heterocycles. The normalized spacial score (nSPS) is 10.2. The van der Waals surface area contributed by atoms with Crippen LogP contribution in [0.3, 0.4) is 0 Å². The predicted octanol–water partition coefficient (Wildman–Crippen LogP) is 1.65. The molecule has 2 aromatic rings. The average Bonchev–Trinajstić information content (AvgIpc) is 2.32. The molecule has 8 heteroatoms. The molecule has 3 N–H and O–H groups in total. The van der Waals surface area contributed by atoms with Crippen molar-refractivity contribution in [1.29, 1.82) is 5.26 Å². The lowest BCUT2D eigenvalue weighted by atomic mass is 10.2. The number of aromatic nitrogens is 2. The van der Waals surface area contributed by atoms with Gasteiger partial charge in [0.25, 0.3) is 5.56 Å². The standard InChI is InChI=1S/C11H6F2N4OS/c12-6-1-5(4-14)2-7(13)10(6)19-11-16-8(15)3-9(18)17-11/h1-3H,(H3,15,16,17,18). The number of aromatic amines is 1. The van der Waals surface area contributed by atoms with Crippen molar-refractivity contribution in [2.24, 2.45) is 0 Å². The molecule has 0 spiro atoms. The second kappa shape index (κ2) is 5.07. The van der Waals surface area contributed by atoms with Gasteiger partial charge in [-0.15, -0.1) is 0 Å². The smallest absolute Gasteiger partial charge is 0.253 e. The third-order valence-corrected chi connectivity index (χ3v) is 3.05. The summed E-state index contributed by atoms with van der Waals surface area (Å²) in [5.41, 5.74) is 4.71. The number of nitriles is 1. The number of hydrogen-bond donors (Lipinski definition) is 2. The first-order valence-electron chi connectivity index (χ1n) is 4.93. The highest BCUT2D eigenvalue weighted by atomic mass is 32.2. The molecule has 19 heavy (non-hydrogen) atoms. The minimum atomic E-state index is -0.911. The van der Waals surface area contributed by atoms with Crippen LogP contribution < -0.4 is 11.3 Å². The molecule has 5 nitrogen and oxygen atoms in total. The van der Waals surface area contributed by atoms with Crippen LogP contribution in [0.1, 0.15) is 5.56 Å². The summed E-state index contributed by atoms with van der Waals surface area (Å²) in [7, 11) is 0. The van der Waals surface area contributed by atoms with E-state index in [-0.39, 0.29) is 21.4 Å². The maximum absolute atomic E-state index is 13.6. The Kier molecular flexibility index (Phi) is 3.48. The molecule has 96 valence electrons. The van der Waals surface area contributed by atoms with Gasteiger partial charge in [0.05, 0.1) is 16.5 Å². The van der Waals surface area contributed by atoms with Crippen LogP contribution >= 0.6 is 11.8 Å². The minimum absolute atomic E-state index is 0.0347. The molecule has 0 aliphatic heterocycles. The summed E-state index contributed by atoms with van der Waals surface area (Å²) in [6.45, 7) is 0. The van der Waals surface area contributed by atoms with E-state index in [0.29, 0.717) is 11.8 Å². The number of nitrogens with zero attached hydrogens (tertiary/aromatic N) is 2. The molecule has 1 aromatic carbocycles. The van der Waals surface area contributed by atoms with Crippen molar-refractivity contribution in [2.75, 3.05) is 5.73 Å². The van der Waals surface area contributed by atoms with Gasteiger partial charge < -0.3 is 10.7 Å². The first-order valence-corrected chi connectivity index (χ1v) is 5.75. The number of hydrogen-bond acceptors (Lipinski definition) is 5. The van der Waals surface area contributed by atoms with Crippen molar-refractivity contribution in [2.45, 2.75) is 10.1 Å². The van der Waals surface area contributed by atoms with Crippen LogP contribution in [0.4, 0.5) is 14.6 Å². The van der Waals surface area contributed by atoms with Gasteiger partial charge in [-0.1, -0.05) is 0 Å². The van der Waals surface area contributed by atoms with E-state index < -0.39 is 17.2 Å². The highest BCUT2D eigenvalue weighted by Gasteiger charge is 2.14. The number of rotatable bonds is 2. The van der Waals surface area contributed by atoms with Gasteiger partial charge in [0, 0.05) is 6.07 Å². The topological polar surface area (TPSA) is 95.6 Å². The van der Waals surface area contributed by atoms with E-state index in [4.69, 9.17) is 11.0 Å². The zero-order chi connectivity index (χ0) is 14.0. The van der Waals surface area contributed by atoms with Crippen molar-refractivity contribution in [1.82, 2.24) is 9.97 Å². The number of nitrogens with two attached hydrogens (primary N) is 1. The summed E-state index contributed by atoms with van der Waals surface area (Å²) >= 11 is 0.582. The lowest BCUT2D eigenvalue weighted by Crippen LogP contribution is -2.09. The van der Waals surface area contributed by atoms with Gasteiger partial charge in [-0.2, -0.15) is 5.26 Å². The van der Waals surface area contributed by atoms with Crippen LogP contribution in [0.15, 0.2) is 33.0 Å². The number of anilines is 1. The van der Waals surface area contributed by atoms with E-state index in [0.717, 1.165) is 18.2 Å². The van der Waals surface area contributed by atoms with Gasteiger partial charge >= 0.3 is 0 Å². The van der Waals surface area contributed by atoms with Gasteiger partial charge in [0.1, 0.15) is 17.5 Å². The molecular formula is C11H6F2N4OS. The first-order chi connectivity index (χ1) is 8.99. The molecular weight excluding hydrogens is 274 g/mol. The molecule has 0 radical (unpaired) electrons. The quantitative estimate of drug-likeness (QED) is 0.815. The van der Waals surface area contributed by atoms with E-state index in [1.165, 1.54) is 0 Å². The molecule has 0 aliphatic rings. The van der Waals surface area contributed by atoms with Crippen molar-refractivity contribution >= 4 is 17.6 Å². The number of benzene rings is 1. The van der Waals surface area contributed by atoms with Crippen LogP contribution in [-0.2, 0) is 0 Å². The van der Waals surface area contributed by atoms with Gasteiger partial charge in [-0.25, -0.2) is 13.8 Å². The minimum Gasteiger partial charge on any atom is -0.383 e. The Morgan fingerprint density at radius 3 is 2.47 bits per heavy atom. The van der Waals surface area contributed by atoms with Crippen molar-refractivity contribution < 1.29 is 8.78 Å². The number of nitrogen functional groups attached to an aromatic ring is 1. The molecule has 0 aliphatic carbocycles. The van der Waals surface area contributed by atoms with Gasteiger partial charge in [-0.3, -0.25) is 4.79 Å². The molecule has 2 rings (SSSR count). The second-order valence-corrected chi connectivity index (χ2v) is 4.46. The summed E-state index contributed by atoms with van der Waals surface area (Å²) in [5, 5.41) is 8.54. The van der Waals surface area contributed by atoms with Crippen LogP contribution in [0.2, 0.25) is 0 Å². The molecule has 0 saturated carbocycles. The summed E-state index contributed by atoms with van der Waals surface area (Å²) in [6.07, 6.45) is 0. The lowest BCUT2D eigenvalue weighted by Gasteiger charge is -2.04. The summed E-state index contributed by atoms with van der Waals surface area (Å²) in [5.74, 6) is -1.88. The van der Waals surface area contributed by atoms with E-state index in [9.17, 15) is 13.6 Å². The second-order valence-electron chi connectivity index (χ2n) is 3.46. The fraction of sp³-hybridized carbons (Fsp3) is 0. The molecule has 0 fully saturated rings. The highest BCUT2D eigenvalue weighted by molar-refractivity contribution is 7.99. The molecule has 0 saturated heterocycles.